The smallest absolute Gasteiger partial charge is 0.213 e. The van der Waals surface area contributed by atoms with Crippen LogP contribution in [-0.4, -0.2) is 15.0 Å². The Labute approximate surface area is 87.0 Å². The number of hydrogen-bond donors (Lipinski definition) is 0. The Hall–Kier alpha value is -1.84. The molecular formula is C11H10FN3. The van der Waals surface area contributed by atoms with Gasteiger partial charge in [-0.05, 0) is 26.0 Å². The Morgan fingerprint density at radius 2 is 1.87 bits per heavy atom. The van der Waals surface area contributed by atoms with Gasteiger partial charge in [0.25, 0.3) is 0 Å². The van der Waals surface area contributed by atoms with Crippen molar-refractivity contribution in [3.63, 3.8) is 0 Å². The van der Waals surface area contributed by atoms with Gasteiger partial charge in [0.1, 0.15) is 0 Å². The average Bonchev–Trinajstić information content (AvgIpc) is 2.16. The van der Waals surface area contributed by atoms with Gasteiger partial charge < -0.3 is 0 Å². The lowest BCUT2D eigenvalue weighted by atomic mass is 10.2. The van der Waals surface area contributed by atoms with Crippen molar-refractivity contribution < 1.29 is 4.39 Å². The van der Waals surface area contributed by atoms with Gasteiger partial charge >= 0.3 is 0 Å². The van der Waals surface area contributed by atoms with Crippen LogP contribution in [0.15, 0.2) is 24.4 Å². The second-order valence-corrected chi connectivity index (χ2v) is 3.34. The number of pyridine rings is 1. The fourth-order valence-electron chi connectivity index (χ4n) is 1.35. The van der Waals surface area contributed by atoms with Crippen LogP contribution in [0.1, 0.15) is 11.4 Å². The van der Waals surface area contributed by atoms with Gasteiger partial charge in [-0.2, -0.15) is 4.39 Å². The van der Waals surface area contributed by atoms with Gasteiger partial charge in [-0.1, -0.05) is 0 Å². The van der Waals surface area contributed by atoms with Crippen LogP contribution < -0.4 is 0 Å². The Kier molecular flexibility index (Phi) is 2.41. The highest BCUT2D eigenvalue weighted by atomic mass is 19.1. The second kappa shape index (κ2) is 3.73. The summed E-state index contributed by atoms with van der Waals surface area (Å²) < 4.78 is 13.0. The zero-order chi connectivity index (χ0) is 10.8. The van der Waals surface area contributed by atoms with E-state index >= 15 is 0 Å². The van der Waals surface area contributed by atoms with Gasteiger partial charge in [-0.15, -0.1) is 0 Å². The van der Waals surface area contributed by atoms with Crippen molar-refractivity contribution in [3.8, 4) is 11.4 Å². The van der Waals surface area contributed by atoms with Crippen molar-refractivity contribution in [2.75, 3.05) is 0 Å². The van der Waals surface area contributed by atoms with Crippen LogP contribution in [0.25, 0.3) is 11.4 Å². The first kappa shape index (κ1) is 9.71. The molecule has 15 heavy (non-hydrogen) atoms. The van der Waals surface area contributed by atoms with Crippen molar-refractivity contribution >= 4 is 0 Å². The lowest BCUT2D eigenvalue weighted by Crippen LogP contribution is -1.94. The van der Waals surface area contributed by atoms with E-state index in [1.54, 1.807) is 25.3 Å². The average molecular weight is 203 g/mol. The predicted molar refractivity (Wildman–Crippen MR) is 54.7 cm³/mol. The van der Waals surface area contributed by atoms with Crippen molar-refractivity contribution in [2.45, 2.75) is 13.8 Å². The van der Waals surface area contributed by atoms with Crippen molar-refractivity contribution in [3.05, 3.63) is 41.7 Å². The Balaban J connectivity index is 2.54. The number of aryl methyl sites for hydroxylation is 2. The van der Waals surface area contributed by atoms with E-state index in [1.165, 1.54) is 6.07 Å². The number of nitrogens with zero attached hydrogens (tertiary/aromatic N) is 3. The molecule has 76 valence electrons. The molecule has 0 spiro atoms. The molecular weight excluding hydrogens is 193 g/mol. The van der Waals surface area contributed by atoms with Crippen LogP contribution in [0.4, 0.5) is 4.39 Å². The van der Waals surface area contributed by atoms with Crippen molar-refractivity contribution in [2.24, 2.45) is 0 Å². The molecule has 2 aromatic heterocycles. The van der Waals surface area contributed by atoms with Crippen LogP contribution >= 0.6 is 0 Å². The van der Waals surface area contributed by atoms with Gasteiger partial charge in [-0.3, -0.25) is 0 Å². The monoisotopic (exact) mass is 203 g/mol. The number of aromatic nitrogens is 3. The summed E-state index contributed by atoms with van der Waals surface area (Å²) in [6, 6.07) is 4.90. The summed E-state index contributed by atoms with van der Waals surface area (Å²) in [6.07, 6.45) is 1.66. The molecule has 2 aromatic rings. The largest absolute Gasteiger partial charge is 0.237 e. The van der Waals surface area contributed by atoms with Crippen LogP contribution in [0.5, 0.6) is 0 Å². The zero-order valence-electron chi connectivity index (χ0n) is 8.53. The molecule has 3 nitrogen and oxygen atoms in total. The fraction of sp³-hybridized carbons (Fsp3) is 0.182. The number of rotatable bonds is 1. The van der Waals surface area contributed by atoms with E-state index in [9.17, 15) is 4.39 Å². The molecule has 4 heteroatoms. The minimum absolute atomic E-state index is 0.505. The summed E-state index contributed by atoms with van der Waals surface area (Å²) in [4.78, 5) is 12.0. The first-order valence-electron chi connectivity index (χ1n) is 4.59. The van der Waals surface area contributed by atoms with E-state index in [4.69, 9.17) is 0 Å². The molecule has 0 aliphatic rings. The van der Waals surface area contributed by atoms with E-state index in [2.05, 4.69) is 15.0 Å². The van der Waals surface area contributed by atoms with Crippen LogP contribution in [0.2, 0.25) is 0 Å². The van der Waals surface area contributed by atoms with Gasteiger partial charge in [0, 0.05) is 29.2 Å². The molecule has 0 amide bonds. The normalized spacial score (nSPS) is 10.3. The molecule has 0 saturated heterocycles. The third-order valence-electron chi connectivity index (χ3n) is 1.98. The maximum Gasteiger partial charge on any atom is 0.213 e. The van der Waals surface area contributed by atoms with Crippen LogP contribution in [0, 0.1) is 19.8 Å². The van der Waals surface area contributed by atoms with E-state index in [0.717, 1.165) is 5.69 Å². The zero-order valence-corrected chi connectivity index (χ0v) is 8.53. The summed E-state index contributed by atoms with van der Waals surface area (Å²) >= 11 is 0. The first-order chi connectivity index (χ1) is 7.15. The molecule has 0 aromatic carbocycles. The van der Waals surface area contributed by atoms with Crippen LogP contribution in [0.3, 0.4) is 0 Å². The SMILES string of the molecule is Cc1cc(-c2nccc(C)n2)cc(F)n1. The van der Waals surface area contributed by atoms with Gasteiger partial charge in [0.15, 0.2) is 5.82 Å². The molecule has 0 aliphatic heterocycles. The number of hydrogen-bond acceptors (Lipinski definition) is 3. The van der Waals surface area contributed by atoms with E-state index in [1.807, 2.05) is 6.92 Å². The van der Waals surface area contributed by atoms with Gasteiger partial charge in [-0.25, -0.2) is 15.0 Å². The Bertz CT molecular complexity index is 477. The van der Waals surface area contributed by atoms with Gasteiger partial charge in [0.2, 0.25) is 5.95 Å². The summed E-state index contributed by atoms with van der Waals surface area (Å²) in [5.41, 5.74) is 2.13. The molecule has 0 atom stereocenters. The van der Waals surface area contributed by atoms with E-state index in [0.29, 0.717) is 17.1 Å². The molecule has 0 aliphatic carbocycles. The molecule has 0 N–H and O–H groups in total. The first-order valence-corrected chi connectivity index (χ1v) is 4.59. The van der Waals surface area contributed by atoms with Crippen molar-refractivity contribution in [1.29, 1.82) is 0 Å². The highest BCUT2D eigenvalue weighted by Gasteiger charge is 2.04. The Morgan fingerprint density at radius 1 is 1.07 bits per heavy atom. The topological polar surface area (TPSA) is 38.7 Å². The molecule has 0 fully saturated rings. The highest BCUT2D eigenvalue weighted by Crippen LogP contribution is 2.16. The molecule has 2 rings (SSSR count). The number of halogens is 1. The third-order valence-corrected chi connectivity index (χ3v) is 1.98. The minimum Gasteiger partial charge on any atom is -0.237 e. The van der Waals surface area contributed by atoms with E-state index in [-0.39, 0.29) is 0 Å². The quantitative estimate of drug-likeness (QED) is 0.667. The fourth-order valence-corrected chi connectivity index (χ4v) is 1.35. The lowest BCUT2D eigenvalue weighted by molar-refractivity contribution is 0.580. The minimum atomic E-state index is -0.505. The van der Waals surface area contributed by atoms with Gasteiger partial charge in [0.05, 0.1) is 0 Å². The maximum atomic E-state index is 13.0. The maximum absolute atomic E-state index is 13.0. The summed E-state index contributed by atoms with van der Waals surface area (Å²) in [5, 5.41) is 0. The standard InChI is InChI=1S/C11H10FN3/c1-7-3-4-13-11(15-7)9-5-8(2)14-10(12)6-9/h3-6H,1-2H3. The molecule has 0 bridgehead atoms. The molecule has 2 heterocycles. The second-order valence-electron chi connectivity index (χ2n) is 3.34. The van der Waals surface area contributed by atoms with Crippen LogP contribution in [-0.2, 0) is 0 Å². The molecule has 0 saturated carbocycles. The summed E-state index contributed by atoms with van der Waals surface area (Å²) in [7, 11) is 0. The molecule has 0 unspecified atom stereocenters. The summed E-state index contributed by atoms with van der Waals surface area (Å²) in [6.45, 7) is 3.61. The lowest BCUT2D eigenvalue weighted by Gasteiger charge is -2.01. The highest BCUT2D eigenvalue weighted by molar-refractivity contribution is 5.54. The van der Waals surface area contributed by atoms with Crippen molar-refractivity contribution in [1.82, 2.24) is 15.0 Å². The van der Waals surface area contributed by atoms with E-state index < -0.39 is 5.95 Å². The molecule has 0 radical (unpaired) electrons. The third kappa shape index (κ3) is 2.15. The summed E-state index contributed by atoms with van der Waals surface area (Å²) in [5.74, 6) is 0.0227. The Morgan fingerprint density at radius 3 is 2.53 bits per heavy atom. The predicted octanol–water partition coefficient (Wildman–Crippen LogP) is 2.29.